The highest BCUT2D eigenvalue weighted by molar-refractivity contribution is 5.73. The van der Waals surface area contributed by atoms with Crippen molar-refractivity contribution in [3.05, 3.63) is 58.8 Å². The van der Waals surface area contributed by atoms with Gasteiger partial charge < -0.3 is 20.5 Å². The fourth-order valence-electron chi connectivity index (χ4n) is 2.37. The van der Waals surface area contributed by atoms with Crippen LogP contribution >= 0.6 is 0 Å². The lowest BCUT2D eigenvalue weighted by atomic mass is 10.0. The van der Waals surface area contributed by atoms with Crippen LogP contribution in [0, 0.1) is 13.8 Å². The van der Waals surface area contributed by atoms with Gasteiger partial charge in [0.25, 0.3) is 0 Å². The molecule has 0 fully saturated rings. The average Bonchev–Trinajstić information content (AvgIpc) is 2.58. The molecule has 6 nitrogen and oxygen atoms in total. The molecule has 3 N–H and O–H groups in total. The van der Waals surface area contributed by atoms with Crippen molar-refractivity contribution in [2.24, 2.45) is 0 Å². The number of nitrogens with one attached hydrogen (secondary N) is 2. The van der Waals surface area contributed by atoms with E-state index in [1.165, 1.54) is 0 Å². The molecule has 2 rings (SSSR count). The van der Waals surface area contributed by atoms with Crippen LogP contribution in [0.5, 0.6) is 5.88 Å². The molecule has 0 aliphatic carbocycles. The zero-order valence-electron chi connectivity index (χ0n) is 14.2. The van der Waals surface area contributed by atoms with E-state index in [0.717, 1.165) is 22.4 Å². The van der Waals surface area contributed by atoms with Crippen LogP contribution in [-0.2, 0) is 6.54 Å². The summed E-state index contributed by atoms with van der Waals surface area (Å²) in [6, 6.07) is 10.9. The number of aliphatic hydroxyl groups is 1. The fraction of sp³-hybridized carbons (Fsp3) is 0.333. The third-order valence-corrected chi connectivity index (χ3v) is 3.71. The summed E-state index contributed by atoms with van der Waals surface area (Å²) in [5.74, 6) is 0.496. The SMILES string of the molecule is COc1nc(C)ccc1CNC(=O)NC[C@@H](O)c1ccccc1C. The first-order chi connectivity index (χ1) is 11.5. The molecule has 0 unspecified atom stereocenters. The molecule has 0 saturated carbocycles. The fourth-order valence-corrected chi connectivity index (χ4v) is 2.37. The lowest BCUT2D eigenvalue weighted by Gasteiger charge is -2.15. The number of hydrogen-bond donors (Lipinski definition) is 3. The summed E-state index contributed by atoms with van der Waals surface area (Å²) in [5.41, 5.74) is 3.43. The number of benzene rings is 1. The average molecular weight is 329 g/mol. The predicted octanol–water partition coefficient (Wildman–Crippen LogP) is 2.24. The van der Waals surface area contributed by atoms with Gasteiger partial charge in [0.2, 0.25) is 5.88 Å². The summed E-state index contributed by atoms with van der Waals surface area (Å²) in [7, 11) is 1.55. The van der Waals surface area contributed by atoms with Crippen LogP contribution in [0.3, 0.4) is 0 Å². The smallest absolute Gasteiger partial charge is 0.315 e. The lowest BCUT2D eigenvalue weighted by molar-refractivity contribution is 0.172. The minimum absolute atomic E-state index is 0.139. The number of aliphatic hydroxyl groups excluding tert-OH is 1. The molecule has 0 radical (unpaired) electrons. The largest absolute Gasteiger partial charge is 0.481 e. The van der Waals surface area contributed by atoms with Crippen LogP contribution in [0.25, 0.3) is 0 Å². The molecule has 128 valence electrons. The Kier molecular flexibility index (Phi) is 6.14. The molecule has 0 aliphatic rings. The molecule has 0 saturated heterocycles. The monoisotopic (exact) mass is 329 g/mol. The number of amides is 2. The van der Waals surface area contributed by atoms with E-state index in [4.69, 9.17) is 4.74 Å². The second-order valence-corrected chi connectivity index (χ2v) is 5.56. The van der Waals surface area contributed by atoms with Crippen LogP contribution < -0.4 is 15.4 Å². The maximum atomic E-state index is 11.9. The van der Waals surface area contributed by atoms with E-state index in [0.29, 0.717) is 12.4 Å². The number of carbonyl (C=O) groups excluding carboxylic acids is 1. The predicted molar refractivity (Wildman–Crippen MR) is 91.9 cm³/mol. The van der Waals surface area contributed by atoms with E-state index in [9.17, 15) is 9.90 Å². The number of methoxy groups -OCH3 is 1. The van der Waals surface area contributed by atoms with Crippen molar-refractivity contribution in [1.82, 2.24) is 15.6 Å². The number of nitrogens with zero attached hydrogens (tertiary/aromatic N) is 1. The number of aryl methyl sites for hydroxylation is 2. The topological polar surface area (TPSA) is 83.5 Å². The molecule has 2 aromatic rings. The van der Waals surface area contributed by atoms with Gasteiger partial charge in [0, 0.05) is 24.3 Å². The van der Waals surface area contributed by atoms with Gasteiger partial charge in [-0.15, -0.1) is 0 Å². The lowest BCUT2D eigenvalue weighted by Crippen LogP contribution is -2.37. The molecule has 24 heavy (non-hydrogen) atoms. The van der Waals surface area contributed by atoms with E-state index in [1.54, 1.807) is 7.11 Å². The van der Waals surface area contributed by atoms with Crippen LogP contribution in [0.1, 0.15) is 28.5 Å². The Morgan fingerprint density at radius 2 is 1.96 bits per heavy atom. The standard InChI is InChI=1S/C18H23N3O3/c1-12-6-4-5-7-15(12)16(22)11-20-18(23)19-10-14-9-8-13(2)21-17(14)24-3/h4-9,16,22H,10-11H2,1-3H3,(H2,19,20,23)/t16-/m1/s1. The molecular formula is C18H23N3O3. The molecule has 0 spiro atoms. The molecule has 1 heterocycles. The summed E-state index contributed by atoms with van der Waals surface area (Å²) in [4.78, 5) is 16.2. The van der Waals surface area contributed by atoms with E-state index < -0.39 is 6.10 Å². The molecule has 0 aliphatic heterocycles. The maximum absolute atomic E-state index is 11.9. The molecule has 1 atom stereocenters. The molecule has 1 aromatic carbocycles. The van der Waals surface area contributed by atoms with Gasteiger partial charge >= 0.3 is 6.03 Å². The van der Waals surface area contributed by atoms with Gasteiger partial charge in [-0.25, -0.2) is 9.78 Å². The molecule has 0 bridgehead atoms. The first kappa shape index (κ1) is 17.7. The van der Waals surface area contributed by atoms with E-state index in [2.05, 4.69) is 15.6 Å². The van der Waals surface area contributed by atoms with Crippen LogP contribution in [0.15, 0.2) is 36.4 Å². The van der Waals surface area contributed by atoms with Gasteiger partial charge in [-0.05, 0) is 31.0 Å². The Hall–Kier alpha value is -2.60. The van der Waals surface area contributed by atoms with Gasteiger partial charge in [-0.2, -0.15) is 0 Å². The first-order valence-electron chi connectivity index (χ1n) is 7.77. The summed E-state index contributed by atoms with van der Waals surface area (Å²) in [5, 5.41) is 15.6. The number of carbonyl (C=O) groups is 1. The summed E-state index contributed by atoms with van der Waals surface area (Å²) < 4.78 is 5.20. The van der Waals surface area contributed by atoms with Gasteiger partial charge in [0.05, 0.1) is 13.2 Å². The van der Waals surface area contributed by atoms with Crippen LogP contribution in [0.2, 0.25) is 0 Å². The van der Waals surface area contributed by atoms with Crippen LogP contribution in [-0.4, -0.2) is 29.8 Å². The minimum atomic E-state index is -0.743. The van der Waals surface area contributed by atoms with Crippen molar-refractivity contribution in [3.8, 4) is 5.88 Å². The molecule has 2 amide bonds. The van der Waals surface area contributed by atoms with Gasteiger partial charge in [0.1, 0.15) is 0 Å². The highest BCUT2D eigenvalue weighted by Crippen LogP contribution is 2.16. The maximum Gasteiger partial charge on any atom is 0.315 e. The van der Waals surface area contributed by atoms with Crippen LogP contribution in [0.4, 0.5) is 4.79 Å². The first-order valence-corrected chi connectivity index (χ1v) is 7.77. The highest BCUT2D eigenvalue weighted by Gasteiger charge is 2.12. The number of urea groups is 1. The van der Waals surface area contributed by atoms with Crippen molar-refractivity contribution in [2.75, 3.05) is 13.7 Å². The Morgan fingerprint density at radius 1 is 1.21 bits per heavy atom. The van der Waals surface area contributed by atoms with Crippen molar-refractivity contribution in [1.29, 1.82) is 0 Å². The number of hydrogen-bond acceptors (Lipinski definition) is 4. The van der Waals surface area contributed by atoms with E-state index in [1.807, 2.05) is 50.2 Å². The van der Waals surface area contributed by atoms with E-state index in [-0.39, 0.29) is 12.6 Å². The highest BCUT2D eigenvalue weighted by atomic mass is 16.5. The van der Waals surface area contributed by atoms with Crippen molar-refractivity contribution in [3.63, 3.8) is 0 Å². The quantitative estimate of drug-likeness (QED) is 0.759. The van der Waals surface area contributed by atoms with Crippen molar-refractivity contribution >= 4 is 6.03 Å². The van der Waals surface area contributed by atoms with Gasteiger partial charge in [-0.1, -0.05) is 30.3 Å². The third-order valence-electron chi connectivity index (χ3n) is 3.71. The summed E-state index contributed by atoms with van der Waals surface area (Å²) >= 11 is 0. The number of ether oxygens (including phenoxy) is 1. The third kappa shape index (κ3) is 4.70. The number of rotatable bonds is 6. The van der Waals surface area contributed by atoms with Crippen molar-refractivity contribution in [2.45, 2.75) is 26.5 Å². The van der Waals surface area contributed by atoms with Crippen molar-refractivity contribution < 1.29 is 14.6 Å². The van der Waals surface area contributed by atoms with Gasteiger partial charge in [0.15, 0.2) is 0 Å². The Morgan fingerprint density at radius 3 is 2.67 bits per heavy atom. The van der Waals surface area contributed by atoms with Gasteiger partial charge in [-0.3, -0.25) is 0 Å². The Bertz CT molecular complexity index is 704. The second-order valence-electron chi connectivity index (χ2n) is 5.56. The Labute approximate surface area is 141 Å². The Balaban J connectivity index is 1.85. The minimum Gasteiger partial charge on any atom is -0.481 e. The number of pyridine rings is 1. The zero-order valence-corrected chi connectivity index (χ0v) is 14.2. The van der Waals surface area contributed by atoms with E-state index >= 15 is 0 Å². The molecule has 6 heteroatoms. The second kappa shape index (κ2) is 8.31. The normalized spacial score (nSPS) is 11.7. The molecular weight excluding hydrogens is 306 g/mol. The summed E-state index contributed by atoms with van der Waals surface area (Å²) in [6.07, 6.45) is -0.743. The zero-order chi connectivity index (χ0) is 17.5. The molecule has 1 aromatic heterocycles. The number of aromatic nitrogens is 1. The summed E-state index contributed by atoms with van der Waals surface area (Å²) in [6.45, 7) is 4.23.